The minimum absolute atomic E-state index is 0.289. The molecule has 1 amide bonds. The first-order valence-electron chi connectivity index (χ1n) is 9.55. The van der Waals surface area contributed by atoms with Gasteiger partial charge in [0.2, 0.25) is 0 Å². The summed E-state index contributed by atoms with van der Waals surface area (Å²) in [6.07, 6.45) is 3.47. The molecule has 156 valence electrons. The monoisotopic (exact) mass is 418 g/mol. The van der Waals surface area contributed by atoms with Crippen LogP contribution in [0.1, 0.15) is 15.9 Å². The number of halogens is 1. The van der Waals surface area contributed by atoms with Crippen LogP contribution < -0.4 is 10.1 Å². The van der Waals surface area contributed by atoms with Crippen molar-refractivity contribution < 1.29 is 13.9 Å². The van der Waals surface area contributed by atoms with E-state index in [-0.39, 0.29) is 18.3 Å². The first-order valence-corrected chi connectivity index (χ1v) is 9.55. The van der Waals surface area contributed by atoms with Gasteiger partial charge < -0.3 is 10.1 Å². The summed E-state index contributed by atoms with van der Waals surface area (Å²) in [4.78, 5) is 17.3. The molecule has 0 saturated heterocycles. The number of hydrogen-bond donors (Lipinski definition) is 1. The molecular formula is C22H19FN6O2. The minimum Gasteiger partial charge on any atom is -0.494 e. The summed E-state index contributed by atoms with van der Waals surface area (Å²) in [6, 6.07) is 15.3. The molecule has 2 aromatic carbocycles. The fourth-order valence-corrected chi connectivity index (χ4v) is 3.18. The van der Waals surface area contributed by atoms with Crippen LogP contribution in [-0.4, -0.2) is 44.8 Å². The summed E-state index contributed by atoms with van der Waals surface area (Å²) < 4.78 is 20.7. The predicted octanol–water partition coefficient (Wildman–Crippen LogP) is 2.84. The molecule has 4 aromatic rings. The normalized spacial score (nSPS) is 10.6. The second-order valence-corrected chi connectivity index (χ2v) is 6.67. The van der Waals surface area contributed by atoms with Gasteiger partial charge in [-0.1, -0.05) is 18.2 Å². The van der Waals surface area contributed by atoms with E-state index in [4.69, 9.17) is 4.74 Å². The average Bonchev–Trinajstić information content (AvgIpc) is 3.35. The summed E-state index contributed by atoms with van der Waals surface area (Å²) in [6.45, 7) is 0.289. The highest BCUT2D eigenvalue weighted by Crippen LogP contribution is 2.29. The highest BCUT2D eigenvalue weighted by atomic mass is 19.1. The van der Waals surface area contributed by atoms with E-state index in [9.17, 15) is 9.18 Å². The Morgan fingerprint density at radius 3 is 2.81 bits per heavy atom. The number of methoxy groups -OCH3 is 1. The van der Waals surface area contributed by atoms with Crippen molar-refractivity contribution in [3.05, 3.63) is 84.1 Å². The third kappa shape index (κ3) is 4.55. The van der Waals surface area contributed by atoms with Crippen LogP contribution in [0, 0.1) is 5.82 Å². The lowest BCUT2D eigenvalue weighted by Gasteiger charge is -2.12. The van der Waals surface area contributed by atoms with Crippen molar-refractivity contribution in [3.63, 3.8) is 0 Å². The Labute approximate surface area is 177 Å². The molecule has 4 rings (SSSR count). The van der Waals surface area contributed by atoms with Crippen LogP contribution in [0.3, 0.4) is 0 Å². The topological polar surface area (TPSA) is 94.8 Å². The van der Waals surface area contributed by atoms with Crippen molar-refractivity contribution in [1.82, 2.24) is 30.5 Å². The summed E-state index contributed by atoms with van der Waals surface area (Å²) in [7, 11) is 1.56. The van der Waals surface area contributed by atoms with E-state index < -0.39 is 0 Å². The molecule has 9 heteroatoms. The van der Waals surface area contributed by atoms with Gasteiger partial charge >= 0.3 is 0 Å². The van der Waals surface area contributed by atoms with E-state index in [0.717, 1.165) is 0 Å². The summed E-state index contributed by atoms with van der Waals surface area (Å²) in [5.74, 6) is -0.0216. The fourth-order valence-electron chi connectivity index (χ4n) is 3.18. The molecular weight excluding hydrogens is 399 g/mol. The fraction of sp³-hybridized carbons (Fsp3) is 0.136. The molecule has 0 aliphatic carbocycles. The molecule has 0 aliphatic rings. The minimum atomic E-state index is -0.303. The molecule has 31 heavy (non-hydrogen) atoms. The number of carbonyl (C=O) groups is 1. The Hall–Kier alpha value is -4.14. The molecule has 0 spiro atoms. The van der Waals surface area contributed by atoms with Gasteiger partial charge in [0.25, 0.3) is 5.91 Å². The highest BCUT2D eigenvalue weighted by Gasteiger charge is 2.15. The van der Waals surface area contributed by atoms with Gasteiger partial charge in [-0.3, -0.25) is 9.78 Å². The van der Waals surface area contributed by atoms with Gasteiger partial charge in [-0.15, -0.1) is 5.10 Å². The Kier molecular flexibility index (Phi) is 5.93. The van der Waals surface area contributed by atoms with Gasteiger partial charge in [-0.2, -0.15) is 0 Å². The molecule has 8 nitrogen and oxygen atoms in total. The molecule has 0 fully saturated rings. The summed E-state index contributed by atoms with van der Waals surface area (Å²) >= 11 is 0. The third-order valence-corrected chi connectivity index (χ3v) is 4.70. The number of rotatable bonds is 7. The van der Waals surface area contributed by atoms with Crippen LogP contribution in [0.4, 0.5) is 4.39 Å². The molecule has 0 bridgehead atoms. The number of carbonyl (C=O) groups excluding carboxylic acids is 1. The number of nitrogens with zero attached hydrogens (tertiary/aromatic N) is 5. The summed E-state index contributed by atoms with van der Waals surface area (Å²) in [5.41, 5.74) is 2.79. The zero-order chi connectivity index (χ0) is 21.6. The van der Waals surface area contributed by atoms with Crippen LogP contribution in [0.5, 0.6) is 5.75 Å². The van der Waals surface area contributed by atoms with Gasteiger partial charge in [0.05, 0.1) is 12.8 Å². The molecule has 1 N–H and O–H groups in total. The second kappa shape index (κ2) is 9.12. The van der Waals surface area contributed by atoms with Gasteiger partial charge in [-0.25, -0.2) is 9.07 Å². The van der Waals surface area contributed by atoms with Crippen molar-refractivity contribution in [1.29, 1.82) is 0 Å². The summed E-state index contributed by atoms with van der Waals surface area (Å²) in [5, 5.41) is 14.1. The largest absolute Gasteiger partial charge is 0.494 e. The predicted molar refractivity (Wildman–Crippen MR) is 111 cm³/mol. The number of ether oxygens (including phenoxy) is 1. The van der Waals surface area contributed by atoms with Crippen LogP contribution in [0.15, 0.2) is 67.1 Å². The second-order valence-electron chi connectivity index (χ2n) is 6.67. The lowest BCUT2D eigenvalue weighted by molar-refractivity contribution is 0.0954. The van der Waals surface area contributed by atoms with Gasteiger partial charge in [0, 0.05) is 23.9 Å². The van der Waals surface area contributed by atoms with E-state index in [1.54, 1.807) is 55.8 Å². The molecule has 0 aliphatic heterocycles. The zero-order valence-corrected chi connectivity index (χ0v) is 16.7. The number of benzene rings is 2. The van der Waals surface area contributed by atoms with E-state index in [2.05, 4.69) is 25.8 Å². The van der Waals surface area contributed by atoms with Crippen LogP contribution in [0.25, 0.3) is 16.9 Å². The Morgan fingerprint density at radius 2 is 2.03 bits per heavy atom. The van der Waals surface area contributed by atoms with E-state index in [0.29, 0.717) is 40.2 Å². The van der Waals surface area contributed by atoms with E-state index in [1.807, 2.05) is 6.07 Å². The SMILES string of the molecule is COc1cccnc1-c1cc(C(=O)NCCc2ccccc2F)cc(-n2cnnn2)c1. The number of pyridine rings is 1. The molecule has 0 atom stereocenters. The molecule has 0 unspecified atom stereocenters. The van der Waals surface area contributed by atoms with Crippen molar-refractivity contribution >= 4 is 5.91 Å². The Bertz CT molecular complexity index is 1200. The van der Waals surface area contributed by atoms with Gasteiger partial charge in [0.15, 0.2) is 0 Å². The lowest BCUT2D eigenvalue weighted by Crippen LogP contribution is -2.26. The molecule has 2 aromatic heterocycles. The maximum atomic E-state index is 13.8. The number of nitrogens with one attached hydrogen (secondary N) is 1. The van der Waals surface area contributed by atoms with E-state index >= 15 is 0 Å². The molecule has 0 saturated carbocycles. The van der Waals surface area contributed by atoms with Crippen LogP contribution in [-0.2, 0) is 6.42 Å². The number of hydrogen-bond acceptors (Lipinski definition) is 6. The Balaban J connectivity index is 1.62. The molecule has 2 heterocycles. The van der Waals surface area contributed by atoms with E-state index in [1.165, 1.54) is 17.1 Å². The zero-order valence-electron chi connectivity index (χ0n) is 16.7. The number of aromatic nitrogens is 5. The molecule has 0 radical (unpaired) electrons. The first-order chi connectivity index (χ1) is 15.2. The Morgan fingerprint density at radius 1 is 1.16 bits per heavy atom. The quantitative estimate of drug-likeness (QED) is 0.496. The smallest absolute Gasteiger partial charge is 0.251 e. The van der Waals surface area contributed by atoms with Gasteiger partial charge in [-0.05, 0) is 58.8 Å². The maximum absolute atomic E-state index is 13.8. The third-order valence-electron chi connectivity index (χ3n) is 4.70. The van der Waals surface area contributed by atoms with Crippen molar-refractivity contribution in [2.75, 3.05) is 13.7 Å². The van der Waals surface area contributed by atoms with Gasteiger partial charge in [0.1, 0.15) is 23.6 Å². The highest BCUT2D eigenvalue weighted by molar-refractivity contribution is 5.96. The standard InChI is InChI=1S/C22H19FN6O2/c1-31-20-7-4-9-24-21(20)16-11-17(13-18(12-16)29-14-26-27-28-29)22(30)25-10-8-15-5-2-3-6-19(15)23/h2-7,9,11-14H,8,10H2,1H3,(H,25,30). The van der Waals surface area contributed by atoms with Crippen LogP contribution in [0.2, 0.25) is 0 Å². The number of amides is 1. The van der Waals surface area contributed by atoms with Crippen molar-refractivity contribution in [2.24, 2.45) is 0 Å². The lowest BCUT2D eigenvalue weighted by atomic mass is 10.0. The maximum Gasteiger partial charge on any atom is 0.251 e. The first kappa shape index (κ1) is 20.1. The van der Waals surface area contributed by atoms with Crippen LogP contribution >= 0.6 is 0 Å². The van der Waals surface area contributed by atoms with Crippen molar-refractivity contribution in [2.45, 2.75) is 6.42 Å². The number of tetrazole rings is 1. The average molecular weight is 418 g/mol. The van der Waals surface area contributed by atoms with Crippen molar-refractivity contribution in [3.8, 4) is 22.7 Å².